The van der Waals surface area contributed by atoms with Crippen LogP contribution in [0.2, 0.25) is 0 Å². The number of carbonyl (C=O) groups excluding carboxylic acids is 2. The number of hydrogen-bond acceptors (Lipinski definition) is 4. The Hall–Kier alpha value is -3.80. The van der Waals surface area contributed by atoms with Crippen LogP contribution in [0, 0.1) is 5.92 Å². The van der Waals surface area contributed by atoms with E-state index >= 15 is 0 Å². The molecule has 2 N–H and O–H groups in total. The zero-order chi connectivity index (χ0) is 23.0. The maximum absolute atomic E-state index is 12.7. The van der Waals surface area contributed by atoms with Crippen molar-refractivity contribution in [3.8, 4) is 11.5 Å². The molecule has 2 amide bonds. The predicted molar refractivity (Wildman–Crippen MR) is 128 cm³/mol. The molecule has 0 aromatic heterocycles. The van der Waals surface area contributed by atoms with Crippen LogP contribution in [0.4, 0.5) is 5.69 Å². The van der Waals surface area contributed by atoms with Gasteiger partial charge in [0.05, 0.1) is 18.6 Å². The van der Waals surface area contributed by atoms with E-state index in [1.165, 1.54) is 12.7 Å². The van der Waals surface area contributed by atoms with Crippen LogP contribution in [-0.4, -0.2) is 32.1 Å². The molecule has 0 saturated heterocycles. The second-order valence-corrected chi connectivity index (χ2v) is 8.07. The molecular weight excluding hydrogens is 416 g/mol. The fourth-order valence-corrected chi connectivity index (χ4v) is 3.96. The van der Waals surface area contributed by atoms with Gasteiger partial charge in [0, 0.05) is 12.2 Å². The lowest BCUT2D eigenvalue weighted by atomic mass is 9.95. The summed E-state index contributed by atoms with van der Waals surface area (Å²) in [6.07, 6.45) is 2.39. The molecule has 1 unspecified atom stereocenters. The highest BCUT2D eigenvalue weighted by Crippen LogP contribution is 2.30. The molecule has 3 aromatic rings. The first-order valence-electron chi connectivity index (χ1n) is 11.2. The molecule has 1 aliphatic rings. The third-order valence-corrected chi connectivity index (χ3v) is 5.73. The van der Waals surface area contributed by atoms with Gasteiger partial charge in [0.2, 0.25) is 5.91 Å². The van der Waals surface area contributed by atoms with E-state index in [2.05, 4.69) is 22.8 Å². The standard InChI is InChI=1S/C27H28N2O4/c1-32-25-12-6-5-11-23(25)27(31)29-22-13-14-24-20(17-22)16-21(18-33-24)26(30)28-15-7-10-19-8-3-2-4-9-19/h2-6,8-9,11-14,17,21H,7,10,15-16,18H2,1H3,(H,28,30)(H,29,31). The molecule has 6 nitrogen and oxygen atoms in total. The van der Waals surface area contributed by atoms with Gasteiger partial charge in [-0.3, -0.25) is 9.59 Å². The van der Waals surface area contributed by atoms with Crippen LogP contribution >= 0.6 is 0 Å². The van der Waals surface area contributed by atoms with E-state index in [0.29, 0.717) is 36.6 Å². The Bertz CT molecular complexity index is 1110. The van der Waals surface area contributed by atoms with E-state index < -0.39 is 0 Å². The molecular formula is C27H28N2O4. The Labute approximate surface area is 193 Å². The van der Waals surface area contributed by atoms with Crippen molar-refractivity contribution in [3.05, 3.63) is 89.5 Å². The molecule has 4 rings (SSSR count). The SMILES string of the molecule is COc1ccccc1C(=O)Nc1ccc2c(c1)CC(C(=O)NCCCc1ccccc1)CO2. The van der Waals surface area contributed by atoms with Crippen molar-refractivity contribution in [2.45, 2.75) is 19.3 Å². The van der Waals surface area contributed by atoms with Crippen LogP contribution in [-0.2, 0) is 17.6 Å². The molecule has 0 saturated carbocycles. The zero-order valence-corrected chi connectivity index (χ0v) is 18.7. The molecule has 0 bridgehead atoms. The van der Waals surface area contributed by atoms with Crippen molar-refractivity contribution in [1.29, 1.82) is 0 Å². The monoisotopic (exact) mass is 444 g/mol. The molecule has 0 radical (unpaired) electrons. The molecule has 0 aliphatic carbocycles. The van der Waals surface area contributed by atoms with Crippen LogP contribution in [0.3, 0.4) is 0 Å². The van der Waals surface area contributed by atoms with Crippen LogP contribution in [0.15, 0.2) is 72.8 Å². The lowest BCUT2D eigenvalue weighted by Gasteiger charge is -2.25. The summed E-state index contributed by atoms with van der Waals surface area (Å²) in [6, 6.07) is 22.8. The predicted octanol–water partition coefficient (Wildman–Crippen LogP) is 4.25. The number of hydrogen-bond donors (Lipinski definition) is 2. The van der Waals surface area contributed by atoms with Crippen molar-refractivity contribution < 1.29 is 19.1 Å². The third kappa shape index (κ3) is 5.71. The molecule has 3 aromatic carbocycles. The number of amides is 2. The largest absolute Gasteiger partial charge is 0.496 e. The van der Waals surface area contributed by atoms with Crippen molar-refractivity contribution in [2.24, 2.45) is 5.92 Å². The van der Waals surface area contributed by atoms with Crippen molar-refractivity contribution in [1.82, 2.24) is 5.32 Å². The Morgan fingerprint density at radius 1 is 1.03 bits per heavy atom. The molecule has 0 spiro atoms. The van der Waals surface area contributed by atoms with Gasteiger partial charge in [-0.05, 0) is 60.7 Å². The first-order chi connectivity index (χ1) is 16.1. The molecule has 6 heteroatoms. The van der Waals surface area contributed by atoms with E-state index in [0.717, 1.165) is 24.2 Å². The summed E-state index contributed by atoms with van der Waals surface area (Å²) in [5, 5.41) is 5.94. The van der Waals surface area contributed by atoms with Gasteiger partial charge in [-0.2, -0.15) is 0 Å². The minimum absolute atomic E-state index is 0.00262. The summed E-state index contributed by atoms with van der Waals surface area (Å²) in [6.45, 7) is 0.983. The topological polar surface area (TPSA) is 76.7 Å². The van der Waals surface area contributed by atoms with Crippen LogP contribution in [0.5, 0.6) is 11.5 Å². The molecule has 170 valence electrons. The number of para-hydroxylation sites is 1. The normalized spacial score (nSPS) is 14.5. The van der Waals surface area contributed by atoms with Gasteiger partial charge in [0.25, 0.3) is 5.91 Å². The summed E-state index contributed by atoms with van der Waals surface area (Å²) in [7, 11) is 1.54. The highest BCUT2D eigenvalue weighted by molar-refractivity contribution is 6.06. The second kappa shape index (κ2) is 10.7. The fraction of sp³-hybridized carbons (Fsp3) is 0.259. The van der Waals surface area contributed by atoms with Crippen LogP contribution < -0.4 is 20.1 Å². The quantitative estimate of drug-likeness (QED) is 0.510. The smallest absolute Gasteiger partial charge is 0.259 e. The van der Waals surface area contributed by atoms with Crippen molar-refractivity contribution in [2.75, 3.05) is 25.6 Å². The summed E-state index contributed by atoms with van der Waals surface area (Å²) < 4.78 is 11.1. The number of methoxy groups -OCH3 is 1. The summed E-state index contributed by atoms with van der Waals surface area (Å²) >= 11 is 0. The molecule has 1 heterocycles. The van der Waals surface area contributed by atoms with Crippen molar-refractivity contribution in [3.63, 3.8) is 0 Å². The molecule has 1 aliphatic heterocycles. The highest BCUT2D eigenvalue weighted by Gasteiger charge is 2.26. The van der Waals surface area contributed by atoms with Gasteiger partial charge in [0.15, 0.2) is 0 Å². The highest BCUT2D eigenvalue weighted by atomic mass is 16.5. The third-order valence-electron chi connectivity index (χ3n) is 5.73. The van der Waals surface area contributed by atoms with Gasteiger partial charge < -0.3 is 20.1 Å². The molecule has 0 fully saturated rings. The number of carbonyl (C=O) groups is 2. The number of ether oxygens (including phenoxy) is 2. The van der Waals surface area contributed by atoms with E-state index in [4.69, 9.17) is 9.47 Å². The lowest BCUT2D eigenvalue weighted by Crippen LogP contribution is -2.37. The minimum Gasteiger partial charge on any atom is -0.496 e. The number of nitrogens with one attached hydrogen (secondary N) is 2. The van der Waals surface area contributed by atoms with Gasteiger partial charge in [-0.1, -0.05) is 42.5 Å². The van der Waals surface area contributed by atoms with Crippen LogP contribution in [0.25, 0.3) is 0 Å². The summed E-state index contributed by atoms with van der Waals surface area (Å²) in [5.41, 5.74) is 3.28. The fourth-order valence-electron chi connectivity index (χ4n) is 3.96. The number of anilines is 1. The van der Waals surface area contributed by atoms with E-state index in [9.17, 15) is 9.59 Å². The zero-order valence-electron chi connectivity index (χ0n) is 18.7. The Balaban J connectivity index is 1.33. The van der Waals surface area contributed by atoms with Gasteiger partial charge in [-0.15, -0.1) is 0 Å². The van der Waals surface area contributed by atoms with Crippen LogP contribution in [0.1, 0.15) is 27.9 Å². The Morgan fingerprint density at radius 2 is 1.82 bits per heavy atom. The molecule has 33 heavy (non-hydrogen) atoms. The van der Waals surface area contributed by atoms with E-state index in [-0.39, 0.29) is 17.7 Å². The van der Waals surface area contributed by atoms with Crippen molar-refractivity contribution >= 4 is 17.5 Å². The van der Waals surface area contributed by atoms with Gasteiger partial charge in [-0.25, -0.2) is 0 Å². The number of fused-ring (bicyclic) bond motifs is 1. The number of rotatable bonds is 8. The minimum atomic E-state index is -0.255. The first-order valence-corrected chi connectivity index (χ1v) is 11.2. The average Bonchev–Trinajstić information content (AvgIpc) is 2.86. The summed E-state index contributed by atoms with van der Waals surface area (Å²) in [4.78, 5) is 25.4. The maximum atomic E-state index is 12.7. The number of benzene rings is 3. The first kappa shape index (κ1) is 22.4. The van der Waals surface area contributed by atoms with E-state index in [1.54, 1.807) is 24.3 Å². The maximum Gasteiger partial charge on any atom is 0.259 e. The Morgan fingerprint density at radius 3 is 2.64 bits per heavy atom. The van der Waals surface area contributed by atoms with Gasteiger partial charge in [0.1, 0.15) is 18.1 Å². The van der Waals surface area contributed by atoms with E-state index in [1.807, 2.05) is 36.4 Å². The summed E-state index contributed by atoms with van der Waals surface area (Å²) in [5.74, 6) is 0.752. The van der Waals surface area contributed by atoms with Gasteiger partial charge >= 0.3 is 0 Å². The molecule has 1 atom stereocenters. The second-order valence-electron chi connectivity index (χ2n) is 8.07. The number of aryl methyl sites for hydroxylation is 1. The average molecular weight is 445 g/mol. The Kier molecular flexibility index (Phi) is 7.25. The lowest BCUT2D eigenvalue weighted by molar-refractivity contribution is -0.126.